The highest BCUT2D eigenvalue weighted by Crippen LogP contribution is 2.43. The molecule has 0 aromatic heterocycles. The number of aliphatic hydroxyl groups excluding tert-OH is 2. The molecular formula is C40H75O12P. The molecule has 0 heterocycles. The second-order valence-electron chi connectivity index (χ2n) is 13.9. The lowest BCUT2D eigenvalue weighted by molar-refractivity contribution is -0.267. The molecule has 12 nitrogen and oxygen atoms in total. The molecular weight excluding hydrogens is 703 g/mol. The number of hydrogen-bond donors (Lipinski definition) is 4. The maximum Gasteiger partial charge on any atom is 0.472 e. The molecule has 4 N–H and O–H groups in total. The van der Waals surface area contributed by atoms with Crippen LogP contribution in [-0.2, 0) is 37.6 Å². The molecule has 0 rings (SSSR count). The van der Waals surface area contributed by atoms with Crippen LogP contribution in [0.3, 0.4) is 0 Å². The largest absolute Gasteiger partial charge is 0.472 e. The van der Waals surface area contributed by atoms with Crippen molar-refractivity contribution in [2.75, 3.05) is 26.4 Å². The Kier molecular flexibility index (Phi) is 36.2. The molecule has 0 aromatic rings. The minimum Gasteiger partial charge on any atom is -0.462 e. The number of aliphatic hydroxyl groups is 2. The van der Waals surface area contributed by atoms with E-state index >= 15 is 0 Å². The molecule has 0 radical (unpaired) electrons. The van der Waals surface area contributed by atoms with Gasteiger partial charge in [0.05, 0.1) is 19.8 Å². The first kappa shape index (κ1) is 51.4. The summed E-state index contributed by atoms with van der Waals surface area (Å²) in [4.78, 5) is 39.4. The van der Waals surface area contributed by atoms with Crippen LogP contribution in [0.2, 0.25) is 0 Å². The van der Waals surface area contributed by atoms with Crippen molar-refractivity contribution in [2.24, 2.45) is 0 Å². The predicted molar refractivity (Wildman–Crippen MR) is 208 cm³/mol. The number of esters is 2. The van der Waals surface area contributed by atoms with E-state index in [1.165, 1.54) is 57.8 Å². The fraction of sp³-hybridized carbons (Fsp3) is 0.850. The van der Waals surface area contributed by atoms with E-state index in [9.17, 15) is 24.2 Å². The second kappa shape index (κ2) is 37.3. The third-order valence-corrected chi connectivity index (χ3v) is 9.78. The Morgan fingerprint density at radius 2 is 1.17 bits per heavy atom. The van der Waals surface area contributed by atoms with Gasteiger partial charge in [-0.05, 0) is 32.1 Å². The SMILES string of the molecule is CCCCCCCCCCCCCCCC(=O)OCC(COP(=O)(O)OCC(O)CO)OC(=O)CCCCCCC/C=C\C=C\C(CCCCC)OO. The summed E-state index contributed by atoms with van der Waals surface area (Å²) in [6, 6.07) is 0. The lowest BCUT2D eigenvalue weighted by Crippen LogP contribution is -2.29. The number of allylic oxidation sites excluding steroid dienone is 3. The summed E-state index contributed by atoms with van der Waals surface area (Å²) in [7, 11) is -4.63. The summed E-state index contributed by atoms with van der Waals surface area (Å²) in [6.07, 6.45) is 30.3. The molecule has 4 atom stereocenters. The summed E-state index contributed by atoms with van der Waals surface area (Å²) in [6.45, 7) is 2.18. The number of ether oxygens (including phenoxy) is 2. The lowest BCUT2D eigenvalue weighted by atomic mass is 10.0. The van der Waals surface area contributed by atoms with Crippen molar-refractivity contribution in [3.63, 3.8) is 0 Å². The van der Waals surface area contributed by atoms with E-state index in [0.29, 0.717) is 12.8 Å². The van der Waals surface area contributed by atoms with Crippen molar-refractivity contribution >= 4 is 19.8 Å². The molecule has 0 aromatic carbocycles. The van der Waals surface area contributed by atoms with Crippen LogP contribution in [0.5, 0.6) is 0 Å². The van der Waals surface area contributed by atoms with Crippen LogP contribution in [0.15, 0.2) is 24.3 Å². The van der Waals surface area contributed by atoms with Crippen molar-refractivity contribution in [1.29, 1.82) is 0 Å². The van der Waals surface area contributed by atoms with E-state index in [4.69, 9.17) is 24.4 Å². The Bertz CT molecular complexity index is 960. The predicted octanol–water partition coefficient (Wildman–Crippen LogP) is 9.69. The second-order valence-corrected chi connectivity index (χ2v) is 15.4. The number of carbonyl (C=O) groups is 2. The number of unbranched alkanes of at least 4 members (excludes halogenated alkanes) is 19. The van der Waals surface area contributed by atoms with E-state index in [1.54, 1.807) is 0 Å². The average Bonchev–Trinajstić information content (AvgIpc) is 3.15. The summed E-state index contributed by atoms with van der Waals surface area (Å²) in [5.41, 5.74) is 0. The van der Waals surface area contributed by atoms with E-state index < -0.39 is 51.8 Å². The van der Waals surface area contributed by atoms with E-state index in [2.05, 4.69) is 29.3 Å². The van der Waals surface area contributed by atoms with Gasteiger partial charge in [-0.2, -0.15) is 0 Å². The highest BCUT2D eigenvalue weighted by molar-refractivity contribution is 7.47. The third-order valence-electron chi connectivity index (χ3n) is 8.83. The topological polar surface area (TPSA) is 178 Å². The molecule has 0 aliphatic heterocycles. The van der Waals surface area contributed by atoms with Crippen LogP contribution < -0.4 is 0 Å². The van der Waals surface area contributed by atoms with Gasteiger partial charge < -0.3 is 24.6 Å². The molecule has 0 amide bonds. The van der Waals surface area contributed by atoms with Crippen molar-refractivity contribution < 1.29 is 57.9 Å². The molecule has 0 fully saturated rings. The number of rotatable bonds is 39. The van der Waals surface area contributed by atoms with Crippen molar-refractivity contribution in [3.05, 3.63) is 24.3 Å². The fourth-order valence-electron chi connectivity index (χ4n) is 5.56. The number of phosphoric acid groups is 1. The smallest absolute Gasteiger partial charge is 0.462 e. The highest BCUT2D eigenvalue weighted by atomic mass is 31.2. The van der Waals surface area contributed by atoms with Gasteiger partial charge in [0.1, 0.15) is 18.8 Å². The van der Waals surface area contributed by atoms with Gasteiger partial charge in [-0.25, -0.2) is 9.45 Å². The van der Waals surface area contributed by atoms with Gasteiger partial charge >= 0.3 is 19.8 Å². The fourth-order valence-corrected chi connectivity index (χ4v) is 6.35. The Morgan fingerprint density at radius 3 is 1.74 bits per heavy atom. The zero-order valence-electron chi connectivity index (χ0n) is 33.0. The standard InChI is InChI=1S/C40H75O12P/c1-3-5-7-8-9-10-11-12-13-16-19-22-26-30-39(43)48-34-38(35-50-53(46,47)49-33-36(42)32-41)51-40(44)31-27-23-20-17-14-15-18-21-25-29-37(52-45)28-24-6-4-2/h18,21,25,29,36-38,41-42,45H,3-17,19-20,22-24,26-28,30-35H2,1-2H3,(H,46,47)/b21-18-,29-25+. The normalized spacial score (nSPS) is 14.8. The Morgan fingerprint density at radius 1 is 0.660 bits per heavy atom. The quantitative estimate of drug-likeness (QED) is 0.0116. The van der Waals surface area contributed by atoms with E-state index in [-0.39, 0.29) is 25.6 Å². The highest BCUT2D eigenvalue weighted by Gasteiger charge is 2.27. The zero-order valence-corrected chi connectivity index (χ0v) is 33.9. The van der Waals surface area contributed by atoms with Crippen LogP contribution in [0.1, 0.15) is 174 Å². The van der Waals surface area contributed by atoms with Crippen molar-refractivity contribution in [2.45, 2.75) is 193 Å². The van der Waals surface area contributed by atoms with Crippen LogP contribution in [0.25, 0.3) is 0 Å². The number of phosphoric ester groups is 1. The molecule has 13 heteroatoms. The third kappa shape index (κ3) is 35.8. The maximum atomic E-state index is 12.6. The summed E-state index contributed by atoms with van der Waals surface area (Å²) < 4.78 is 32.6. The number of carbonyl (C=O) groups excluding carboxylic acids is 2. The Balaban J connectivity index is 4.43. The first-order chi connectivity index (χ1) is 25.7. The molecule has 0 saturated heterocycles. The van der Waals surface area contributed by atoms with Crippen LogP contribution >= 0.6 is 7.82 Å². The van der Waals surface area contributed by atoms with Gasteiger partial charge in [-0.3, -0.25) is 23.9 Å². The molecule has 312 valence electrons. The summed E-state index contributed by atoms with van der Waals surface area (Å²) in [5.74, 6) is -0.981. The van der Waals surface area contributed by atoms with Gasteiger partial charge in [0.25, 0.3) is 0 Å². The van der Waals surface area contributed by atoms with Gasteiger partial charge in [-0.1, -0.05) is 154 Å². The molecule has 0 aliphatic carbocycles. The van der Waals surface area contributed by atoms with Crippen molar-refractivity contribution in [3.8, 4) is 0 Å². The lowest BCUT2D eigenvalue weighted by Gasteiger charge is -2.20. The van der Waals surface area contributed by atoms with E-state index in [0.717, 1.165) is 77.0 Å². The summed E-state index contributed by atoms with van der Waals surface area (Å²) >= 11 is 0. The van der Waals surface area contributed by atoms with Crippen molar-refractivity contribution in [1.82, 2.24) is 0 Å². The van der Waals surface area contributed by atoms with Crippen LogP contribution in [0, 0.1) is 0 Å². The Labute approximate surface area is 320 Å². The average molecular weight is 779 g/mol. The first-order valence-electron chi connectivity index (χ1n) is 20.6. The molecule has 53 heavy (non-hydrogen) atoms. The monoisotopic (exact) mass is 778 g/mol. The van der Waals surface area contributed by atoms with Gasteiger partial charge in [0.15, 0.2) is 6.10 Å². The van der Waals surface area contributed by atoms with Gasteiger partial charge in [0, 0.05) is 12.8 Å². The minimum absolute atomic E-state index is 0.135. The zero-order chi connectivity index (χ0) is 39.3. The molecule has 0 bridgehead atoms. The first-order valence-corrected chi connectivity index (χ1v) is 22.1. The molecule has 0 spiro atoms. The number of hydrogen-bond acceptors (Lipinski definition) is 11. The van der Waals surface area contributed by atoms with Gasteiger partial charge in [0.2, 0.25) is 0 Å². The molecule has 4 unspecified atom stereocenters. The molecule has 0 saturated carbocycles. The van der Waals surface area contributed by atoms with Crippen LogP contribution in [0.4, 0.5) is 0 Å². The summed E-state index contributed by atoms with van der Waals surface area (Å²) in [5, 5.41) is 27.3. The van der Waals surface area contributed by atoms with E-state index in [1.807, 2.05) is 18.2 Å². The maximum absolute atomic E-state index is 12.6. The van der Waals surface area contributed by atoms with Gasteiger partial charge in [-0.15, -0.1) is 0 Å². The minimum atomic E-state index is -4.63. The molecule has 0 aliphatic rings. The Hall–Kier alpha value is -1.63. The van der Waals surface area contributed by atoms with Crippen LogP contribution in [-0.4, -0.2) is 77.0 Å².